The summed E-state index contributed by atoms with van der Waals surface area (Å²) in [5.41, 5.74) is 0.602. The van der Waals surface area contributed by atoms with Crippen LogP contribution in [0.1, 0.15) is 32.3 Å². The monoisotopic (exact) mass is 386 g/mol. The molecule has 3 rings (SSSR count). The SMILES string of the molecule is CCNC(=NCc1ccc(Oc2cccnc2)c(F)c1)NCC1(C)CCCO1. The maximum absolute atomic E-state index is 14.4. The van der Waals surface area contributed by atoms with Gasteiger partial charge in [0.15, 0.2) is 17.5 Å². The molecule has 0 spiro atoms. The first-order valence-electron chi connectivity index (χ1n) is 9.60. The average molecular weight is 386 g/mol. The minimum atomic E-state index is -0.429. The zero-order valence-electron chi connectivity index (χ0n) is 16.4. The van der Waals surface area contributed by atoms with Crippen LogP contribution in [0.15, 0.2) is 47.7 Å². The summed E-state index contributed by atoms with van der Waals surface area (Å²) in [6.45, 7) is 6.71. The van der Waals surface area contributed by atoms with Crippen molar-refractivity contribution >= 4 is 5.96 Å². The van der Waals surface area contributed by atoms with Crippen molar-refractivity contribution in [2.75, 3.05) is 19.7 Å². The molecule has 2 aromatic rings. The van der Waals surface area contributed by atoms with Crippen molar-refractivity contribution in [2.24, 2.45) is 4.99 Å². The van der Waals surface area contributed by atoms with E-state index in [-0.39, 0.29) is 11.4 Å². The van der Waals surface area contributed by atoms with Gasteiger partial charge >= 0.3 is 0 Å². The first-order valence-corrected chi connectivity index (χ1v) is 9.60. The summed E-state index contributed by atoms with van der Waals surface area (Å²) in [7, 11) is 0. The Morgan fingerprint density at radius 1 is 1.36 bits per heavy atom. The number of ether oxygens (including phenoxy) is 2. The van der Waals surface area contributed by atoms with E-state index < -0.39 is 5.82 Å². The predicted molar refractivity (Wildman–Crippen MR) is 107 cm³/mol. The van der Waals surface area contributed by atoms with Crippen LogP contribution in [0.5, 0.6) is 11.5 Å². The van der Waals surface area contributed by atoms with Gasteiger partial charge in [0.1, 0.15) is 5.75 Å². The topological polar surface area (TPSA) is 67.8 Å². The molecule has 1 aromatic heterocycles. The molecular weight excluding hydrogens is 359 g/mol. The largest absolute Gasteiger partial charge is 0.453 e. The molecule has 1 aromatic carbocycles. The van der Waals surface area contributed by atoms with Gasteiger partial charge in [0.2, 0.25) is 0 Å². The normalized spacial score (nSPS) is 19.5. The third kappa shape index (κ3) is 5.66. The lowest BCUT2D eigenvalue weighted by Gasteiger charge is -2.24. The highest BCUT2D eigenvalue weighted by Crippen LogP contribution is 2.25. The van der Waals surface area contributed by atoms with E-state index in [1.807, 2.05) is 13.0 Å². The number of nitrogens with one attached hydrogen (secondary N) is 2. The van der Waals surface area contributed by atoms with Crippen LogP contribution in [0.4, 0.5) is 4.39 Å². The summed E-state index contributed by atoms with van der Waals surface area (Å²) in [6, 6.07) is 8.33. The third-order valence-electron chi connectivity index (χ3n) is 4.55. The van der Waals surface area contributed by atoms with Crippen molar-refractivity contribution in [1.29, 1.82) is 0 Å². The maximum Gasteiger partial charge on any atom is 0.191 e. The van der Waals surface area contributed by atoms with Gasteiger partial charge in [-0.3, -0.25) is 4.98 Å². The summed E-state index contributed by atoms with van der Waals surface area (Å²) >= 11 is 0. The van der Waals surface area contributed by atoms with Crippen molar-refractivity contribution in [2.45, 2.75) is 38.8 Å². The van der Waals surface area contributed by atoms with E-state index in [2.05, 4.69) is 27.5 Å². The van der Waals surface area contributed by atoms with E-state index in [0.29, 0.717) is 24.8 Å². The predicted octanol–water partition coefficient (Wildman–Crippen LogP) is 3.64. The minimum Gasteiger partial charge on any atom is -0.453 e. The fourth-order valence-electron chi connectivity index (χ4n) is 3.02. The van der Waals surface area contributed by atoms with Gasteiger partial charge in [-0.2, -0.15) is 0 Å². The maximum atomic E-state index is 14.4. The molecule has 2 heterocycles. The van der Waals surface area contributed by atoms with Crippen molar-refractivity contribution in [1.82, 2.24) is 15.6 Å². The van der Waals surface area contributed by atoms with Gasteiger partial charge in [0.05, 0.1) is 18.3 Å². The fourth-order valence-corrected chi connectivity index (χ4v) is 3.02. The molecule has 28 heavy (non-hydrogen) atoms. The number of nitrogens with zero attached hydrogens (tertiary/aromatic N) is 2. The Hall–Kier alpha value is -2.67. The smallest absolute Gasteiger partial charge is 0.191 e. The number of aromatic nitrogens is 1. The van der Waals surface area contributed by atoms with Gasteiger partial charge < -0.3 is 20.1 Å². The number of halogens is 1. The number of hydrogen-bond donors (Lipinski definition) is 2. The molecule has 1 aliphatic heterocycles. The highest BCUT2D eigenvalue weighted by atomic mass is 19.1. The molecule has 1 fully saturated rings. The lowest BCUT2D eigenvalue weighted by Crippen LogP contribution is -2.45. The molecule has 1 unspecified atom stereocenters. The van der Waals surface area contributed by atoms with E-state index in [0.717, 1.165) is 31.6 Å². The van der Waals surface area contributed by atoms with Gasteiger partial charge in [-0.25, -0.2) is 9.38 Å². The Bertz CT molecular complexity index is 792. The van der Waals surface area contributed by atoms with Gasteiger partial charge in [0, 0.05) is 25.9 Å². The summed E-state index contributed by atoms with van der Waals surface area (Å²) in [5, 5.41) is 6.53. The lowest BCUT2D eigenvalue weighted by atomic mass is 10.0. The van der Waals surface area contributed by atoms with E-state index in [9.17, 15) is 4.39 Å². The Balaban J connectivity index is 1.61. The number of rotatable bonds is 7. The molecule has 2 N–H and O–H groups in total. The van der Waals surface area contributed by atoms with E-state index in [1.165, 1.54) is 6.07 Å². The minimum absolute atomic E-state index is 0.159. The highest BCUT2D eigenvalue weighted by Gasteiger charge is 2.29. The number of guanidine groups is 1. The van der Waals surface area contributed by atoms with E-state index in [4.69, 9.17) is 9.47 Å². The van der Waals surface area contributed by atoms with Crippen LogP contribution in [-0.4, -0.2) is 36.2 Å². The van der Waals surface area contributed by atoms with Crippen LogP contribution in [-0.2, 0) is 11.3 Å². The van der Waals surface area contributed by atoms with Gasteiger partial charge in [-0.15, -0.1) is 0 Å². The molecule has 0 amide bonds. The lowest BCUT2D eigenvalue weighted by molar-refractivity contribution is 0.0243. The summed E-state index contributed by atoms with van der Waals surface area (Å²) in [4.78, 5) is 8.51. The number of benzene rings is 1. The van der Waals surface area contributed by atoms with Crippen LogP contribution in [0.2, 0.25) is 0 Å². The zero-order valence-corrected chi connectivity index (χ0v) is 16.4. The molecule has 1 atom stereocenters. The molecule has 0 bridgehead atoms. The Kier molecular flexibility index (Phi) is 6.81. The molecule has 150 valence electrons. The second-order valence-corrected chi connectivity index (χ2v) is 7.01. The zero-order chi connectivity index (χ0) is 19.8. The summed E-state index contributed by atoms with van der Waals surface area (Å²) in [5.74, 6) is 0.919. The highest BCUT2D eigenvalue weighted by molar-refractivity contribution is 5.79. The quantitative estimate of drug-likeness (QED) is 0.562. The summed E-state index contributed by atoms with van der Waals surface area (Å²) < 4.78 is 25.7. The van der Waals surface area contributed by atoms with Gasteiger partial charge in [-0.1, -0.05) is 6.07 Å². The number of aliphatic imine (C=N–C) groups is 1. The number of hydrogen-bond acceptors (Lipinski definition) is 4. The summed E-state index contributed by atoms with van der Waals surface area (Å²) in [6.07, 6.45) is 5.29. The van der Waals surface area contributed by atoms with Crippen molar-refractivity contribution in [3.63, 3.8) is 0 Å². The molecule has 0 radical (unpaired) electrons. The van der Waals surface area contributed by atoms with Crippen molar-refractivity contribution in [3.8, 4) is 11.5 Å². The molecular formula is C21H27FN4O2. The van der Waals surface area contributed by atoms with Crippen LogP contribution in [0.25, 0.3) is 0 Å². The van der Waals surface area contributed by atoms with Crippen molar-refractivity contribution in [3.05, 3.63) is 54.1 Å². The fraction of sp³-hybridized carbons (Fsp3) is 0.429. The molecule has 1 saturated heterocycles. The second-order valence-electron chi connectivity index (χ2n) is 7.01. The Morgan fingerprint density at radius 2 is 2.25 bits per heavy atom. The van der Waals surface area contributed by atoms with E-state index in [1.54, 1.807) is 30.6 Å². The third-order valence-corrected chi connectivity index (χ3v) is 4.55. The Morgan fingerprint density at radius 3 is 2.93 bits per heavy atom. The Labute approximate surface area is 165 Å². The van der Waals surface area contributed by atoms with Gasteiger partial charge in [-0.05, 0) is 56.5 Å². The first-order chi connectivity index (χ1) is 13.6. The second kappa shape index (κ2) is 9.50. The van der Waals surface area contributed by atoms with Crippen LogP contribution < -0.4 is 15.4 Å². The molecule has 6 nitrogen and oxygen atoms in total. The van der Waals surface area contributed by atoms with Crippen LogP contribution >= 0.6 is 0 Å². The van der Waals surface area contributed by atoms with Crippen LogP contribution in [0, 0.1) is 5.82 Å². The number of pyridine rings is 1. The van der Waals surface area contributed by atoms with Crippen LogP contribution in [0.3, 0.4) is 0 Å². The molecule has 0 aliphatic carbocycles. The molecule has 7 heteroatoms. The first kappa shape index (κ1) is 20.1. The van der Waals surface area contributed by atoms with E-state index >= 15 is 0 Å². The van der Waals surface area contributed by atoms with Gasteiger partial charge in [0.25, 0.3) is 0 Å². The standard InChI is InChI=1S/C21H27FN4O2/c1-3-24-20(26-15-21(2)9-5-11-27-21)25-13-16-7-8-19(18(22)12-16)28-17-6-4-10-23-14-17/h4,6-8,10,12,14H,3,5,9,11,13,15H2,1-2H3,(H2,24,25,26). The average Bonchev–Trinajstić information content (AvgIpc) is 3.14. The molecule has 1 aliphatic rings. The van der Waals surface area contributed by atoms with Crippen molar-refractivity contribution < 1.29 is 13.9 Å². The molecule has 0 saturated carbocycles.